The average Bonchev–Trinajstić information content (AvgIpc) is 3.38. The first-order chi connectivity index (χ1) is 17.8. The summed E-state index contributed by atoms with van der Waals surface area (Å²) in [5.41, 5.74) is 7.67. The number of nitrogens with one attached hydrogen (secondary N) is 1. The maximum Gasteiger partial charge on any atom is 0.250 e. The van der Waals surface area contributed by atoms with E-state index >= 15 is 0 Å². The molecular formula is C29H23N5OS. The van der Waals surface area contributed by atoms with E-state index in [1.807, 2.05) is 108 Å². The Labute approximate surface area is 213 Å². The Morgan fingerprint density at radius 2 is 1.33 bits per heavy atom. The summed E-state index contributed by atoms with van der Waals surface area (Å²) >= 11 is 1.31. The van der Waals surface area contributed by atoms with Crippen LogP contribution in [0.15, 0.2) is 126 Å². The van der Waals surface area contributed by atoms with Crippen molar-refractivity contribution in [3.8, 4) is 28.2 Å². The number of nitrogens with zero attached hydrogens (tertiary/aromatic N) is 4. The lowest BCUT2D eigenvalue weighted by molar-refractivity contribution is -0.118. The molecule has 0 aliphatic heterocycles. The summed E-state index contributed by atoms with van der Waals surface area (Å²) in [6.45, 7) is 0. The molecule has 0 atom stereocenters. The molecular weight excluding hydrogens is 466 g/mol. The minimum Gasteiger partial charge on any atom is -0.272 e. The van der Waals surface area contributed by atoms with Gasteiger partial charge in [0.25, 0.3) is 5.91 Å². The number of hydrazone groups is 1. The maximum atomic E-state index is 12.5. The number of rotatable bonds is 8. The van der Waals surface area contributed by atoms with Crippen LogP contribution in [-0.2, 0) is 4.79 Å². The van der Waals surface area contributed by atoms with E-state index in [9.17, 15) is 4.79 Å². The quantitative estimate of drug-likeness (QED) is 0.169. The van der Waals surface area contributed by atoms with Crippen LogP contribution in [0, 0.1) is 0 Å². The molecule has 6 nitrogen and oxygen atoms in total. The molecule has 4 aromatic carbocycles. The maximum absolute atomic E-state index is 12.5. The Hall–Kier alpha value is -4.49. The van der Waals surface area contributed by atoms with Crippen LogP contribution in [0.4, 0.5) is 0 Å². The number of benzene rings is 4. The molecule has 0 spiro atoms. The van der Waals surface area contributed by atoms with Crippen LogP contribution < -0.4 is 5.43 Å². The van der Waals surface area contributed by atoms with Crippen molar-refractivity contribution in [1.82, 2.24) is 20.2 Å². The minimum atomic E-state index is -0.221. The first kappa shape index (κ1) is 23.3. The second-order valence-corrected chi connectivity index (χ2v) is 8.86. The molecule has 5 aromatic rings. The van der Waals surface area contributed by atoms with E-state index in [0.29, 0.717) is 5.16 Å². The highest BCUT2D eigenvalue weighted by Crippen LogP contribution is 2.27. The van der Waals surface area contributed by atoms with Crippen LogP contribution >= 0.6 is 11.8 Å². The Kier molecular flexibility index (Phi) is 7.30. The lowest BCUT2D eigenvalue weighted by Gasteiger charge is -2.10. The fourth-order valence-electron chi connectivity index (χ4n) is 3.68. The van der Waals surface area contributed by atoms with Crippen LogP contribution in [0.3, 0.4) is 0 Å². The summed E-state index contributed by atoms with van der Waals surface area (Å²) in [4.78, 5) is 12.5. The van der Waals surface area contributed by atoms with Gasteiger partial charge in [0, 0.05) is 11.3 Å². The second kappa shape index (κ2) is 11.3. The largest absolute Gasteiger partial charge is 0.272 e. The average molecular weight is 490 g/mol. The summed E-state index contributed by atoms with van der Waals surface area (Å²) in [7, 11) is 0. The molecule has 0 bridgehead atoms. The molecule has 0 fully saturated rings. The third-order valence-electron chi connectivity index (χ3n) is 5.43. The molecule has 0 aliphatic rings. The number of thioether (sulfide) groups is 1. The number of carbonyl (C=O) groups is 1. The lowest BCUT2D eigenvalue weighted by atomic mass is 10.0. The normalized spacial score (nSPS) is 11.0. The van der Waals surface area contributed by atoms with Crippen molar-refractivity contribution in [1.29, 1.82) is 0 Å². The van der Waals surface area contributed by atoms with E-state index < -0.39 is 0 Å². The van der Waals surface area contributed by atoms with E-state index in [4.69, 9.17) is 0 Å². The van der Waals surface area contributed by atoms with E-state index in [1.54, 1.807) is 6.21 Å². The molecule has 0 saturated heterocycles. The zero-order valence-corrected chi connectivity index (χ0v) is 20.2. The molecule has 5 rings (SSSR count). The van der Waals surface area contributed by atoms with Gasteiger partial charge in [0.2, 0.25) is 0 Å². The summed E-state index contributed by atoms with van der Waals surface area (Å²) < 4.78 is 1.96. The number of para-hydroxylation sites is 1. The van der Waals surface area contributed by atoms with Gasteiger partial charge in [-0.05, 0) is 28.8 Å². The lowest BCUT2D eigenvalue weighted by Crippen LogP contribution is -2.20. The van der Waals surface area contributed by atoms with Gasteiger partial charge in [-0.1, -0.05) is 115 Å². The molecule has 1 N–H and O–H groups in total. The van der Waals surface area contributed by atoms with Crippen molar-refractivity contribution < 1.29 is 4.79 Å². The van der Waals surface area contributed by atoms with Crippen LogP contribution in [0.1, 0.15) is 5.56 Å². The van der Waals surface area contributed by atoms with Gasteiger partial charge in [-0.3, -0.25) is 9.36 Å². The molecule has 1 aromatic heterocycles. The molecule has 1 amide bonds. The van der Waals surface area contributed by atoms with Gasteiger partial charge in [0.15, 0.2) is 11.0 Å². The first-order valence-corrected chi connectivity index (χ1v) is 12.4. The molecule has 36 heavy (non-hydrogen) atoms. The van der Waals surface area contributed by atoms with E-state index in [2.05, 4.69) is 32.9 Å². The van der Waals surface area contributed by atoms with Gasteiger partial charge >= 0.3 is 0 Å². The van der Waals surface area contributed by atoms with Gasteiger partial charge < -0.3 is 0 Å². The molecule has 1 heterocycles. The summed E-state index contributed by atoms with van der Waals surface area (Å²) in [5, 5.41) is 13.5. The first-order valence-electron chi connectivity index (χ1n) is 11.4. The zero-order chi connectivity index (χ0) is 24.6. The number of aromatic nitrogens is 3. The van der Waals surface area contributed by atoms with Crippen molar-refractivity contribution in [3.63, 3.8) is 0 Å². The topological polar surface area (TPSA) is 72.2 Å². The van der Waals surface area contributed by atoms with Crippen LogP contribution in [0.25, 0.3) is 28.2 Å². The molecule has 0 unspecified atom stereocenters. The second-order valence-electron chi connectivity index (χ2n) is 7.91. The van der Waals surface area contributed by atoms with E-state index in [0.717, 1.165) is 33.8 Å². The van der Waals surface area contributed by atoms with Crippen LogP contribution in [0.2, 0.25) is 0 Å². The summed E-state index contributed by atoms with van der Waals surface area (Å²) in [6, 6.07) is 37.9. The Morgan fingerprint density at radius 3 is 2.00 bits per heavy atom. The zero-order valence-electron chi connectivity index (χ0n) is 19.4. The number of hydrogen-bond acceptors (Lipinski definition) is 5. The molecule has 0 saturated carbocycles. The van der Waals surface area contributed by atoms with Gasteiger partial charge in [0.1, 0.15) is 0 Å². The number of carbonyl (C=O) groups excluding carboxylic acids is 1. The highest BCUT2D eigenvalue weighted by Gasteiger charge is 2.17. The highest BCUT2D eigenvalue weighted by molar-refractivity contribution is 7.99. The van der Waals surface area contributed by atoms with Crippen molar-refractivity contribution in [2.45, 2.75) is 5.16 Å². The molecule has 7 heteroatoms. The van der Waals surface area contributed by atoms with Crippen LogP contribution in [-0.4, -0.2) is 32.6 Å². The fraction of sp³-hybridized carbons (Fsp3) is 0.0345. The van der Waals surface area contributed by atoms with Crippen molar-refractivity contribution in [2.75, 3.05) is 5.75 Å². The Bertz CT molecular complexity index is 1450. The molecule has 0 radical (unpaired) electrons. The summed E-state index contributed by atoms with van der Waals surface area (Å²) in [5.74, 6) is 0.659. The Balaban J connectivity index is 1.23. The van der Waals surface area contributed by atoms with E-state index in [-0.39, 0.29) is 11.7 Å². The predicted octanol–water partition coefficient (Wildman–Crippen LogP) is 5.84. The predicted molar refractivity (Wildman–Crippen MR) is 145 cm³/mol. The monoisotopic (exact) mass is 489 g/mol. The van der Waals surface area contributed by atoms with Gasteiger partial charge in [0.05, 0.1) is 12.0 Å². The van der Waals surface area contributed by atoms with Crippen molar-refractivity contribution in [2.24, 2.45) is 5.10 Å². The van der Waals surface area contributed by atoms with Gasteiger partial charge in [-0.25, -0.2) is 5.43 Å². The SMILES string of the molecule is O=C(CSc1nnc(-c2ccccc2)n1-c1ccccc1)N/N=C/c1ccc(-c2ccccc2)cc1. The van der Waals surface area contributed by atoms with Gasteiger partial charge in [-0.2, -0.15) is 5.10 Å². The number of amides is 1. The van der Waals surface area contributed by atoms with Crippen molar-refractivity contribution in [3.05, 3.63) is 121 Å². The van der Waals surface area contributed by atoms with Gasteiger partial charge in [-0.15, -0.1) is 10.2 Å². The third-order valence-corrected chi connectivity index (χ3v) is 6.36. The minimum absolute atomic E-state index is 0.157. The van der Waals surface area contributed by atoms with Crippen LogP contribution in [0.5, 0.6) is 0 Å². The third kappa shape index (κ3) is 5.59. The Morgan fingerprint density at radius 1 is 0.750 bits per heavy atom. The molecule has 176 valence electrons. The smallest absolute Gasteiger partial charge is 0.250 e. The summed E-state index contributed by atoms with van der Waals surface area (Å²) in [6.07, 6.45) is 1.64. The van der Waals surface area contributed by atoms with Crippen molar-refractivity contribution >= 4 is 23.9 Å². The number of hydrogen-bond donors (Lipinski definition) is 1. The highest BCUT2D eigenvalue weighted by atomic mass is 32.2. The molecule has 0 aliphatic carbocycles. The standard InChI is InChI=1S/C29H23N5OS/c35-27(31-30-20-22-16-18-24(19-17-22)23-10-4-1-5-11-23)21-36-29-33-32-28(25-12-6-2-7-13-25)34(29)26-14-8-3-9-15-26/h1-20H,21H2,(H,31,35)/b30-20+. The van der Waals surface area contributed by atoms with E-state index in [1.165, 1.54) is 11.8 Å². The fourth-order valence-corrected chi connectivity index (χ4v) is 4.43.